The number of carboxylic acids is 1. The zero-order valence-electron chi connectivity index (χ0n) is 10.6. The minimum absolute atomic E-state index is 0.0304. The molecule has 0 aliphatic rings. The summed E-state index contributed by atoms with van der Waals surface area (Å²) >= 11 is 3.19. The Bertz CT molecular complexity index is 479. The van der Waals surface area contributed by atoms with E-state index in [0.29, 0.717) is 17.6 Å². The summed E-state index contributed by atoms with van der Waals surface area (Å²) in [5, 5.41) is 11.6. The van der Waals surface area contributed by atoms with E-state index in [0.717, 1.165) is 0 Å². The number of rotatable bonds is 5. The third-order valence-corrected chi connectivity index (χ3v) is 2.92. The van der Waals surface area contributed by atoms with Crippen molar-refractivity contribution in [3.8, 4) is 0 Å². The summed E-state index contributed by atoms with van der Waals surface area (Å²) in [4.78, 5) is 24.3. The van der Waals surface area contributed by atoms with E-state index in [-0.39, 0.29) is 17.3 Å². The molecule has 1 aromatic carbocycles. The number of nitrogens with one attached hydrogen (secondary N) is 1. The highest BCUT2D eigenvalue weighted by Gasteiger charge is 2.15. The van der Waals surface area contributed by atoms with Gasteiger partial charge in [-0.05, 0) is 18.2 Å². The molecule has 7 heteroatoms. The molecule has 0 bridgehead atoms. The van der Waals surface area contributed by atoms with E-state index in [2.05, 4.69) is 21.2 Å². The van der Waals surface area contributed by atoms with Crippen molar-refractivity contribution in [2.75, 3.05) is 32.6 Å². The van der Waals surface area contributed by atoms with E-state index < -0.39 is 5.97 Å². The molecule has 1 aromatic rings. The first-order valence-electron chi connectivity index (χ1n) is 5.49. The van der Waals surface area contributed by atoms with Gasteiger partial charge in [0.1, 0.15) is 0 Å². The number of ether oxygens (including phenoxy) is 1. The largest absolute Gasteiger partial charge is 0.478 e. The number of halogens is 1. The maximum Gasteiger partial charge on any atom is 0.337 e. The van der Waals surface area contributed by atoms with Crippen molar-refractivity contribution in [3.05, 3.63) is 28.2 Å². The Morgan fingerprint density at radius 3 is 2.74 bits per heavy atom. The first-order valence-corrected chi connectivity index (χ1v) is 6.29. The van der Waals surface area contributed by atoms with Gasteiger partial charge >= 0.3 is 12.0 Å². The predicted molar refractivity (Wildman–Crippen MR) is 74.6 cm³/mol. The van der Waals surface area contributed by atoms with Crippen LogP contribution < -0.4 is 5.32 Å². The average molecular weight is 331 g/mol. The molecule has 0 saturated heterocycles. The molecule has 0 atom stereocenters. The molecule has 19 heavy (non-hydrogen) atoms. The van der Waals surface area contributed by atoms with Gasteiger partial charge < -0.3 is 20.1 Å². The standard InChI is InChI=1S/C12H15BrN2O4/c1-15(5-6-19-2)12(18)14-10-4-3-8(13)7-9(10)11(16)17/h3-4,7H,5-6H2,1-2H3,(H,14,18)(H,16,17). The van der Waals surface area contributed by atoms with Gasteiger partial charge in [-0.25, -0.2) is 9.59 Å². The fourth-order valence-electron chi connectivity index (χ4n) is 1.34. The Morgan fingerprint density at radius 1 is 1.47 bits per heavy atom. The number of anilines is 1. The lowest BCUT2D eigenvalue weighted by Gasteiger charge is -2.18. The average Bonchev–Trinajstić information content (AvgIpc) is 2.37. The number of carbonyl (C=O) groups excluding carboxylic acids is 1. The highest BCUT2D eigenvalue weighted by molar-refractivity contribution is 9.10. The SMILES string of the molecule is COCCN(C)C(=O)Nc1ccc(Br)cc1C(=O)O. The highest BCUT2D eigenvalue weighted by atomic mass is 79.9. The van der Waals surface area contributed by atoms with Crippen LogP contribution in [0.1, 0.15) is 10.4 Å². The lowest BCUT2D eigenvalue weighted by molar-refractivity contribution is 0.0698. The molecule has 0 saturated carbocycles. The van der Waals surface area contributed by atoms with Crippen LogP contribution in [-0.4, -0.2) is 49.3 Å². The van der Waals surface area contributed by atoms with Crippen LogP contribution in [0.5, 0.6) is 0 Å². The molecule has 0 fully saturated rings. The highest BCUT2D eigenvalue weighted by Crippen LogP contribution is 2.21. The van der Waals surface area contributed by atoms with E-state index in [1.54, 1.807) is 20.2 Å². The minimum Gasteiger partial charge on any atom is -0.478 e. The molecule has 0 heterocycles. The predicted octanol–water partition coefficient (Wildman–Crippen LogP) is 2.26. The maximum absolute atomic E-state index is 11.8. The molecule has 104 valence electrons. The number of amides is 2. The second-order valence-electron chi connectivity index (χ2n) is 3.84. The number of methoxy groups -OCH3 is 1. The van der Waals surface area contributed by atoms with Gasteiger partial charge in [0.15, 0.2) is 0 Å². The fourth-order valence-corrected chi connectivity index (χ4v) is 1.70. The van der Waals surface area contributed by atoms with Crippen molar-refractivity contribution in [3.63, 3.8) is 0 Å². The van der Waals surface area contributed by atoms with Crippen molar-refractivity contribution in [2.45, 2.75) is 0 Å². The van der Waals surface area contributed by atoms with Gasteiger partial charge in [-0.15, -0.1) is 0 Å². The number of likely N-dealkylation sites (N-methyl/N-ethyl adjacent to an activating group) is 1. The summed E-state index contributed by atoms with van der Waals surface area (Å²) < 4.78 is 5.50. The van der Waals surface area contributed by atoms with E-state index in [9.17, 15) is 9.59 Å². The zero-order valence-corrected chi connectivity index (χ0v) is 12.2. The number of nitrogens with zero attached hydrogens (tertiary/aromatic N) is 1. The van der Waals surface area contributed by atoms with Gasteiger partial charge in [-0.2, -0.15) is 0 Å². The number of benzene rings is 1. The monoisotopic (exact) mass is 330 g/mol. The van der Waals surface area contributed by atoms with Crippen LogP contribution in [0.3, 0.4) is 0 Å². The fraction of sp³-hybridized carbons (Fsp3) is 0.333. The van der Waals surface area contributed by atoms with Crippen molar-refractivity contribution in [2.24, 2.45) is 0 Å². The second-order valence-corrected chi connectivity index (χ2v) is 4.76. The van der Waals surface area contributed by atoms with Crippen molar-refractivity contribution < 1.29 is 19.4 Å². The number of hydrogen-bond donors (Lipinski definition) is 2. The Hall–Kier alpha value is -1.60. The number of urea groups is 1. The van der Waals surface area contributed by atoms with Gasteiger partial charge in [0.25, 0.3) is 0 Å². The number of carbonyl (C=O) groups is 2. The molecule has 0 aliphatic heterocycles. The Morgan fingerprint density at radius 2 is 2.16 bits per heavy atom. The third-order valence-electron chi connectivity index (χ3n) is 2.43. The Balaban J connectivity index is 2.81. The quantitative estimate of drug-likeness (QED) is 0.867. The maximum atomic E-state index is 11.8. The second kappa shape index (κ2) is 7.10. The number of hydrogen-bond acceptors (Lipinski definition) is 3. The molecular formula is C12H15BrN2O4. The lowest BCUT2D eigenvalue weighted by Crippen LogP contribution is -2.34. The van der Waals surface area contributed by atoms with Crippen LogP contribution in [0, 0.1) is 0 Å². The zero-order chi connectivity index (χ0) is 14.4. The van der Waals surface area contributed by atoms with Gasteiger partial charge in [0.05, 0.1) is 17.9 Å². The topological polar surface area (TPSA) is 78.9 Å². The molecular weight excluding hydrogens is 316 g/mol. The van der Waals surface area contributed by atoms with Crippen LogP contribution in [0.25, 0.3) is 0 Å². The third kappa shape index (κ3) is 4.53. The molecule has 0 spiro atoms. The molecule has 0 aromatic heterocycles. The molecule has 2 amide bonds. The van der Waals surface area contributed by atoms with Gasteiger partial charge in [-0.1, -0.05) is 15.9 Å². The molecule has 0 aliphatic carbocycles. The van der Waals surface area contributed by atoms with E-state index in [1.807, 2.05) is 0 Å². The van der Waals surface area contributed by atoms with E-state index in [4.69, 9.17) is 9.84 Å². The summed E-state index contributed by atoms with van der Waals surface area (Å²) in [6, 6.07) is 4.25. The van der Waals surface area contributed by atoms with E-state index >= 15 is 0 Å². The normalized spacial score (nSPS) is 10.1. The first kappa shape index (κ1) is 15.5. The number of aromatic carboxylic acids is 1. The minimum atomic E-state index is -1.10. The summed E-state index contributed by atoms with van der Waals surface area (Å²) in [5.74, 6) is -1.10. The van der Waals surface area contributed by atoms with Crippen LogP contribution >= 0.6 is 15.9 Å². The van der Waals surface area contributed by atoms with Crippen LogP contribution in [0.2, 0.25) is 0 Å². The van der Waals surface area contributed by atoms with Crippen molar-refractivity contribution in [1.82, 2.24) is 4.90 Å². The molecule has 1 rings (SSSR count). The van der Waals surface area contributed by atoms with Gasteiger partial charge in [0.2, 0.25) is 0 Å². The van der Waals surface area contributed by atoms with Crippen LogP contribution in [-0.2, 0) is 4.74 Å². The summed E-state index contributed by atoms with van der Waals surface area (Å²) in [7, 11) is 3.15. The smallest absolute Gasteiger partial charge is 0.337 e. The molecule has 0 unspecified atom stereocenters. The van der Waals surface area contributed by atoms with Crippen molar-refractivity contribution >= 4 is 33.6 Å². The first-order chi connectivity index (χ1) is 8.95. The summed E-state index contributed by atoms with van der Waals surface area (Å²) in [6.45, 7) is 0.831. The van der Waals surface area contributed by atoms with Crippen LogP contribution in [0.15, 0.2) is 22.7 Å². The molecule has 0 radical (unpaired) electrons. The van der Waals surface area contributed by atoms with Crippen molar-refractivity contribution in [1.29, 1.82) is 0 Å². The number of carboxylic acid groups (broad SMARTS) is 1. The lowest BCUT2D eigenvalue weighted by atomic mass is 10.2. The Labute approximate surface area is 119 Å². The summed E-state index contributed by atoms with van der Waals surface area (Å²) in [5.41, 5.74) is 0.285. The van der Waals surface area contributed by atoms with Crippen LogP contribution in [0.4, 0.5) is 10.5 Å². The van der Waals surface area contributed by atoms with Gasteiger partial charge in [-0.3, -0.25) is 0 Å². The van der Waals surface area contributed by atoms with Gasteiger partial charge in [0, 0.05) is 25.2 Å². The molecule has 6 nitrogen and oxygen atoms in total. The Kier molecular flexibility index (Phi) is 5.78. The van der Waals surface area contributed by atoms with E-state index in [1.165, 1.54) is 17.0 Å². The molecule has 2 N–H and O–H groups in total. The summed E-state index contributed by atoms with van der Waals surface area (Å²) in [6.07, 6.45) is 0.